The van der Waals surface area contributed by atoms with Crippen LogP contribution in [0.25, 0.3) is 6.08 Å². The highest BCUT2D eigenvalue weighted by molar-refractivity contribution is 5.92. The van der Waals surface area contributed by atoms with Gasteiger partial charge in [0, 0.05) is 18.2 Å². The second kappa shape index (κ2) is 7.50. The zero-order valence-electron chi connectivity index (χ0n) is 10.7. The molecule has 0 aromatic heterocycles. The summed E-state index contributed by atoms with van der Waals surface area (Å²) in [7, 11) is 0. The normalized spacial score (nSPS) is 12.4. The van der Waals surface area contributed by atoms with E-state index in [9.17, 15) is 4.79 Å². The third kappa shape index (κ3) is 5.01. The Bertz CT molecular complexity index is 413. The minimum Gasteiger partial charge on any atom is -0.493 e. The van der Waals surface area contributed by atoms with Crippen LogP contribution in [-0.2, 0) is 4.79 Å². The molecule has 1 aromatic carbocycles. The fourth-order valence-corrected chi connectivity index (χ4v) is 1.38. The van der Waals surface area contributed by atoms with Crippen molar-refractivity contribution in [1.82, 2.24) is 5.32 Å². The van der Waals surface area contributed by atoms with Gasteiger partial charge >= 0.3 is 0 Å². The molecule has 1 atom stereocenters. The fourth-order valence-electron chi connectivity index (χ4n) is 1.38. The number of aliphatic hydroxyl groups excluding tert-OH is 1. The highest BCUT2D eigenvalue weighted by Crippen LogP contribution is 2.19. The van der Waals surface area contributed by atoms with Crippen molar-refractivity contribution in [2.24, 2.45) is 0 Å². The number of aliphatic hydroxyl groups is 1. The van der Waals surface area contributed by atoms with Crippen LogP contribution < -0.4 is 10.1 Å². The number of rotatable bonds is 6. The van der Waals surface area contributed by atoms with Gasteiger partial charge in [-0.2, -0.15) is 0 Å². The molecular weight excluding hydrogens is 230 g/mol. The third-order valence-electron chi connectivity index (χ3n) is 2.20. The number of carbonyl (C=O) groups is 1. The van der Waals surface area contributed by atoms with Crippen molar-refractivity contribution in [2.75, 3.05) is 13.2 Å². The molecule has 2 N–H and O–H groups in total. The number of benzene rings is 1. The summed E-state index contributed by atoms with van der Waals surface area (Å²) < 4.78 is 5.44. The lowest BCUT2D eigenvalue weighted by atomic mass is 10.2. The van der Waals surface area contributed by atoms with E-state index < -0.39 is 6.10 Å². The molecule has 0 aliphatic carbocycles. The molecule has 0 saturated heterocycles. The van der Waals surface area contributed by atoms with E-state index in [1.54, 1.807) is 13.0 Å². The Morgan fingerprint density at radius 3 is 2.89 bits per heavy atom. The molecule has 4 nitrogen and oxygen atoms in total. The number of carbonyl (C=O) groups excluding carboxylic acids is 1. The summed E-state index contributed by atoms with van der Waals surface area (Å²) in [5, 5.41) is 11.6. The zero-order valence-corrected chi connectivity index (χ0v) is 10.7. The Hall–Kier alpha value is -1.81. The number of para-hydroxylation sites is 1. The Kier molecular flexibility index (Phi) is 5.94. The van der Waals surface area contributed by atoms with Crippen molar-refractivity contribution >= 4 is 12.0 Å². The van der Waals surface area contributed by atoms with Crippen LogP contribution in [0.4, 0.5) is 0 Å². The maximum absolute atomic E-state index is 11.4. The van der Waals surface area contributed by atoms with Crippen LogP contribution in [0, 0.1) is 0 Å². The summed E-state index contributed by atoms with van der Waals surface area (Å²) in [5.74, 6) is 0.516. The third-order valence-corrected chi connectivity index (χ3v) is 2.20. The Labute approximate surface area is 107 Å². The highest BCUT2D eigenvalue weighted by Gasteiger charge is 2.01. The van der Waals surface area contributed by atoms with Crippen molar-refractivity contribution in [1.29, 1.82) is 0 Å². The number of hydrogen-bond acceptors (Lipinski definition) is 3. The number of hydrogen-bond donors (Lipinski definition) is 2. The average molecular weight is 249 g/mol. The lowest BCUT2D eigenvalue weighted by Gasteiger charge is -2.06. The van der Waals surface area contributed by atoms with Crippen molar-refractivity contribution in [3.63, 3.8) is 0 Å². The lowest BCUT2D eigenvalue weighted by Crippen LogP contribution is -2.28. The zero-order chi connectivity index (χ0) is 13.4. The molecular formula is C14H19NO3. The van der Waals surface area contributed by atoms with Crippen LogP contribution in [0.15, 0.2) is 30.3 Å². The Morgan fingerprint density at radius 2 is 2.22 bits per heavy atom. The predicted octanol–water partition coefficient (Wildman–Crippen LogP) is 1.60. The van der Waals surface area contributed by atoms with Gasteiger partial charge < -0.3 is 15.2 Å². The topological polar surface area (TPSA) is 58.6 Å². The summed E-state index contributed by atoms with van der Waals surface area (Å²) >= 11 is 0. The van der Waals surface area contributed by atoms with Gasteiger partial charge in [0.2, 0.25) is 5.91 Å². The smallest absolute Gasteiger partial charge is 0.244 e. The number of nitrogens with one attached hydrogen (secondary N) is 1. The molecule has 4 heteroatoms. The first-order valence-corrected chi connectivity index (χ1v) is 5.99. The molecule has 98 valence electrons. The van der Waals surface area contributed by atoms with Crippen molar-refractivity contribution in [3.8, 4) is 5.75 Å². The summed E-state index contributed by atoms with van der Waals surface area (Å²) in [6.45, 7) is 4.36. The van der Waals surface area contributed by atoms with E-state index >= 15 is 0 Å². The largest absolute Gasteiger partial charge is 0.493 e. The molecule has 0 saturated carbocycles. The first kappa shape index (κ1) is 14.3. The summed E-state index contributed by atoms with van der Waals surface area (Å²) in [6, 6.07) is 7.51. The SMILES string of the molecule is CCOc1ccccc1/C=C/C(=O)NC[C@H](C)O. The van der Waals surface area contributed by atoms with E-state index in [1.807, 2.05) is 31.2 Å². The molecule has 0 heterocycles. The second-order valence-electron chi connectivity index (χ2n) is 3.90. The van der Waals surface area contributed by atoms with Gasteiger partial charge in [-0.1, -0.05) is 18.2 Å². The van der Waals surface area contributed by atoms with Crippen molar-refractivity contribution in [3.05, 3.63) is 35.9 Å². The number of amides is 1. The van der Waals surface area contributed by atoms with Gasteiger partial charge in [-0.05, 0) is 26.0 Å². The Morgan fingerprint density at radius 1 is 1.50 bits per heavy atom. The van der Waals surface area contributed by atoms with Gasteiger partial charge in [-0.25, -0.2) is 0 Å². The molecule has 0 aliphatic heterocycles. The quantitative estimate of drug-likeness (QED) is 0.753. The van der Waals surface area contributed by atoms with Crippen LogP contribution in [0.2, 0.25) is 0 Å². The van der Waals surface area contributed by atoms with Gasteiger partial charge in [0.25, 0.3) is 0 Å². The molecule has 0 radical (unpaired) electrons. The first-order valence-electron chi connectivity index (χ1n) is 5.99. The van der Waals surface area contributed by atoms with Gasteiger partial charge in [0.15, 0.2) is 0 Å². The predicted molar refractivity (Wildman–Crippen MR) is 71.3 cm³/mol. The molecule has 1 rings (SSSR count). The van der Waals surface area contributed by atoms with Crippen LogP contribution in [0.5, 0.6) is 5.75 Å². The second-order valence-corrected chi connectivity index (χ2v) is 3.90. The maximum Gasteiger partial charge on any atom is 0.244 e. The molecule has 1 amide bonds. The van der Waals surface area contributed by atoms with E-state index in [4.69, 9.17) is 9.84 Å². The maximum atomic E-state index is 11.4. The summed E-state index contributed by atoms with van der Waals surface area (Å²) in [4.78, 5) is 11.4. The summed E-state index contributed by atoms with van der Waals surface area (Å²) in [6.07, 6.45) is 2.58. The van der Waals surface area contributed by atoms with E-state index in [2.05, 4.69) is 5.32 Å². The van der Waals surface area contributed by atoms with E-state index in [0.717, 1.165) is 11.3 Å². The van der Waals surface area contributed by atoms with Crippen molar-refractivity contribution in [2.45, 2.75) is 20.0 Å². The minimum absolute atomic E-state index is 0.234. The van der Waals surface area contributed by atoms with E-state index in [-0.39, 0.29) is 12.5 Å². The van der Waals surface area contributed by atoms with Crippen LogP contribution >= 0.6 is 0 Å². The molecule has 0 bridgehead atoms. The molecule has 0 spiro atoms. The fraction of sp³-hybridized carbons (Fsp3) is 0.357. The monoisotopic (exact) mass is 249 g/mol. The van der Waals surface area contributed by atoms with Crippen LogP contribution in [0.1, 0.15) is 19.4 Å². The first-order chi connectivity index (χ1) is 8.63. The molecule has 0 fully saturated rings. The highest BCUT2D eigenvalue weighted by atomic mass is 16.5. The number of ether oxygens (including phenoxy) is 1. The Balaban J connectivity index is 2.63. The van der Waals surface area contributed by atoms with E-state index in [1.165, 1.54) is 6.08 Å². The summed E-state index contributed by atoms with van der Waals surface area (Å²) in [5.41, 5.74) is 0.853. The van der Waals surface area contributed by atoms with Crippen LogP contribution in [0.3, 0.4) is 0 Å². The lowest BCUT2D eigenvalue weighted by molar-refractivity contribution is -0.116. The minimum atomic E-state index is -0.543. The average Bonchev–Trinajstić information content (AvgIpc) is 2.35. The van der Waals surface area contributed by atoms with Crippen LogP contribution in [-0.4, -0.2) is 30.3 Å². The standard InChI is InChI=1S/C14H19NO3/c1-3-18-13-7-5-4-6-12(13)8-9-14(17)15-10-11(2)16/h4-9,11,16H,3,10H2,1-2H3,(H,15,17)/b9-8+/t11-/m0/s1. The van der Waals surface area contributed by atoms with E-state index in [0.29, 0.717) is 6.61 Å². The molecule has 1 aromatic rings. The molecule has 18 heavy (non-hydrogen) atoms. The van der Waals surface area contributed by atoms with Gasteiger partial charge in [0.1, 0.15) is 5.75 Å². The van der Waals surface area contributed by atoms with Gasteiger partial charge in [-0.15, -0.1) is 0 Å². The molecule has 0 unspecified atom stereocenters. The van der Waals surface area contributed by atoms with Gasteiger partial charge in [0.05, 0.1) is 12.7 Å². The van der Waals surface area contributed by atoms with Crippen molar-refractivity contribution < 1.29 is 14.6 Å². The van der Waals surface area contributed by atoms with Gasteiger partial charge in [-0.3, -0.25) is 4.79 Å². The molecule has 0 aliphatic rings.